The van der Waals surface area contributed by atoms with Gasteiger partial charge in [-0.15, -0.1) is 0 Å². The molecule has 1 aromatic heterocycles. The summed E-state index contributed by atoms with van der Waals surface area (Å²) in [4.78, 5) is 28.1. The van der Waals surface area contributed by atoms with E-state index in [1.165, 1.54) is 0 Å². The van der Waals surface area contributed by atoms with Crippen LogP contribution in [-0.2, 0) is 16.0 Å². The second-order valence-electron chi connectivity index (χ2n) is 6.85. The van der Waals surface area contributed by atoms with E-state index in [0.717, 1.165) is 11.3 Å². The number of benzene rings is 2. The molecule has 0 aliphatic rings. The third-order valence-electron chi connectivity index (χ3n) is 4.44. The Kier molecular flexibility index (Phi) is 8.03. The fraction of sp³-hybridized carbons (Fsp3) is 0.261. The van der Waals surface area contributed by atoms with E-state index in [2.05, 4.69) is 15.6 Å². The topological polar surface area (TPSA) is 84.2 Å². The number of halogens is 1. The number of rotatable bonds is 10. The molecule has 3 rings (SSSR count). The van der Waals surface area contributed by atoms with E-state index in [9.17, 15) is 9.59 Å². The standard InChI is InChI=1S/C23H24ClN3O3/c24-18-11-13-19(14-12-18)27-22(29)9-5-15-25-21(28)8-4-10-23-26-16-20(30-23)17-6-2-1-3-7-17/h1-3,6-7,11-14,16H,4-5,8-10,15H2,(H,25,28)(H,27,29). The molecule has 2 N–H and O–H groups in total. The van der Waals surface area contributed by atoms with Crippen LogP contribution in [0.5, 0.6) is 0 Å². The first-order valence-corrected chi connectivity index (χ1v) is 10.3. The van der Waals surface area contributed by atoms with Gasteiger partial charge in [0.15, 0.2) is 11.7 Å². The number of oxazole rings is 1. The lowest BCUT2D eigenvalue weighted by molar-refractivity contribution is -0.121. The van der Waals surface area contributed by atoms with Crippen LogP contribution in [0.4, 0.5) is 5.69 Å². The molecule has 7 heteroatoms. The van der Waals surface area contributed by atoms with E-state index in [-0.39, 0.29) is 11.8 Å². The predicted molar refractivity (Wildman–Crippen MR) is 117 cm³/mol. The molecule has 0 aliphatic carbocycles. The van der Waals surface area contributed by atoms with E-state index >= 15 is 0 Å². The summed E-state index contributed by atoms with van der Waals surface area (Å²) in [5, 5.41) is 6.26. The number of nitrogens with one attached hydrogen (secondary N) is 2. The highest BCUT2D eigenvalue weighted by Gasteiger charge is 2.08. The zero-order valence-electron chi connectivity index (χ0n) is 16.6. The van der Waals surface area contributed by atoms with E-state index in [0.29, 0.717) is 55.2 Å². The van der Waals surface area contributed by atoms with Crippen molar-refractivity contribution in [1.82, 2.24) is 10.3 Å². The molecule has 0 bridgehead atoms. The maximum absolute atomic E-state index is 12.0. The molecule has 0 spiro atoms. The average Bonchev–Trinajstić information content (AvgIpc) is 3.22. The summed E-state index contributed by atoms with van der Waals surface area (Å²) in [5.74, 6) is 1.22. The van der Waals surface area contributed by atoms with Crippen molar-refractivity contribution < 1.29 is 14.0 Å². The molecule has 6 nitrogen and oxygen atoms in total. The summed E-state index contributed by atoms with van der Waals surface area (Å²) < 4.78 is 5.74. The van der Waals surface area contributed by atoms with Crippen LogP contribution in [0.15, 0.2) is 65.2 Å². The van der Waals surface area contributed by atoms with Crippen LogP contribution in [-0.4, -0.2) is 23.3 Å². The van der Waals surface area contributed by atoms with Crippen molar-refractivity contribution >= 4 is 29.1 Å². The van der Waals surface area contributed by atoms with Gasteiger partial charge in [-0.1, -0.05) is 41.9 Å². The van der Waals surface area contributed by atoms with Crippen LogP contribution in [0.2, 0.25) is 5.02 Å². The molecule has 0 unspecified atom stereocenters. The fourth-order valence-electron chi connectivity index (χ4n) is 2.88. The van der Waals surface area contributed by atoms with Crippen molar-refractivity contribution in [2.24, 2.45) is 0 Å². The van der Waals surface area contributed by atoms with Gasteiger partial charge >= 0.3 is 0 Å². The van der Waals surface area contributed by atoms with E-state index in [4.69, 9.17) is 16.0 Å². The third kappa shape index (κ3) is 7.04. The van der Waals surface area contributed by atoms with Gasteiger partial charge in [-0.3, -0.25) is 9.59 Å². The Hall–Kier alpha value is -3.12. The second kappa shape index (κ2) is 11.2. The Morgan fingerprint density at radius 1 is 0.933 bits per heavy atom. The van der Waals surface area contributed by atoms with Crippen LogP contribution in [0, 0.1) is 0 Å². The van der Waals surface area contributed by atoms with Crippen molar-refractivity contribution in [2.45, 2.75) is 32.1 Å². The first kappa shape index (κ1) is 21.6. The molecule has 0 aliphatic heterocycles. The Labute approximate surface area is 180 Å². The number of hydrogen-bond acceptors (Lipinski definition) is 4. The average molecular weight is 426 g/mol. The fourth-order valence-corrected chi connectivity index (χ4v) is 3.01. The van der Waals surface area contributed by atoms with Crippen molar-refractivity contribution in [3.8, 4) is 11.3 Å². The van der Waals surface area contributed by atoms with Crippen LogP contribution < -0.4 is 10.6 Å². The van der Waals surface area contributed by atoms with Crippen molar-refractivity contribution in [1.29, 1.82) is 0 Å². The number of hydrogen-bond donors (Lipinski definition) is 2. The first-order chi connectivity index (χ1) is 14.6. The largest absolute Gasteiger partial charge is 0.441 e. The summed E-state index contributed by atoms with van der Waals surface area (Å²) >= 11 is 5.82. The Morgan fingerprint density at radius 3 is 2.43 bits per heavy atom. The van der Waals surface area contributed by atoms with Gasteiger partial charge in [-0.25, -0.2) is 4.98 Å². The SMILES string of the molecule is O=C(CCCc1ncc(-c2ccccc2)o1)NCCCC(=O)Nc1ccc(Cl)cc1. The second-order valence-corrected chi connectivity index (χ2v) is 7.28. The van der Waals surface area contributed by atoms with Gasteiger partial charge < -0.3 is 15.1 Å². The number of aryl methyl sites for hydroxylation is 1. The zero-order valence-corrected chi connectivity index (χ0v) is 17.3. The Morgan fingerprint density at radius 2 is 1.67 bits per heavy atom. The lowest BCUT2D eigenvalue weighted by Gasteiger charge is -2.06. The van der Waals surface area contributed by atoms with Gasteiger partial charge in [0, 0.05) is 42.1 Å². The summed E-state index contributed by atoms with van der Waals surface area (Å²) in [6, 6.07) is 16.7. The minimum absolute atomic E-state index is 0.0389. The molecule has 0 saturated carbocycles. The molecular weight excluding hydrogens is 402 g/mol. The lowest BCUT2D eigenvalue weighted by atomic mass is 10.2. The Balaban J connectivity index is 1.28. The molecule has 30 heavy (non-hydrogen) atoms. The molecule has 2 aromatic carbocycles. The summed E-state index contributed by atoms with van der Waals surface area (Å²) in [5.41, 5.74) is 1.68. The molecule has 0 fully saturated rings. The quantitative estimate of drug-likeness (QED) is 0.454. The van der Waals surface area contributed by atoms with Gasteiger partial charge in [-0.2, -0.15) is 0 Å². The number of carbonyl (C=O) groups excluding carboxylic acids is 2. The lowest BCUT2D eigenvalue weighted by Crippen LogP contribution is -2.25. The van der Waals surface area contributed by atoms with E-state index in [1.54, 1.807) is 30.5 Å². The number of nitrogens with zero attached hydrogens (tertiary/aromatic N) is 1. The molecule has 3 aromatic rings. The van der Waals surface area contributed by atoms with Gasteiger partial charge in [0.25, 0.3) is 0 Å². The van der Waals surface area contributed by atoms with Crippen LogP contribution in [0.1, 0.15) is 31.6 Å². The summed E-state index contributed by atoms with van der Waals surface area (Å²) in [7, 11) is 0. The highest BCUT2D eigenvalue weighted by molar-refractivity contribution is 6.30. The summed E-state index contributed by atoms with van der Waals surface area (Å²) in [6.07, 6.45) is 4.26. The highest BCUT2D eigenvalue weighted by Crippen LogP contribution is 2.20. The highest BCUT2D eigenvalue weighted by atomic mass is 35.5. The van der Waals surface area contributed by atoms with Gasteiger partial charge in [0.1, 0.15) is 0 Å². The van der Waals surface area contributed by atoms with Crippen molar-refractivity contribution in [2.75, 3.05) is 11.9 Å². The van der Waals surface area contributed by atoms with Crippen molar-refractivity contribution in [3.05, 3.63) is 71.7 Å². The number of anilines is 1. The maximum atomic E-state index is 12.0. The third-order valence-corrected chi connectivity index (χ3v) is 4.69. The van der Waals surface area contributed by atoms with Crippen molar-refractivity contribution in [3.63, 3.8) is 0 Å². The monoisotopic (exact) mass is 425 g/mol. The Bertz CT molecular complexity index is 955. The number of aromatic nitrogens is 1. The zero-order chi connectivity index (χ0) is 21.2. The summed E-state index contributed by atoms with van der Waals surface area (Å²) in [6.45, 7) is 0.462. The smallest absolute Gasteiger partial charge is 0.224 e. The minimum atomic E-state index is -0.0929. The molecule has 0 saturated heterocycles. The first-order valence-electron chi connectivity index (χ1n) is 9.92. The molecule has 2 amide bonds. The normalized spacial score (nSPS) is 10.6. The van der Waals surface area contributed by atoms with Crippen LogP contribution in [0.25, 0.3) is 11.3 Å². The molecule has 1 heterocycles. The van der Waals surface area contributed by atoms with Gasteiger partial charge in [-0.05, 0) is 37.1 Å². The molecule has 0 atom stereocenters. The predicted octanol–water partition coefficient (Wildman–Crippen LogP) is 4.85. The van der Waals surface area contributed by atoms with E-state index < -0.39 is 0 Å². The number of amides is 2. The van der Waals surface area contributed by atoms with Crippen LogP contribution >= 0.6 is 11.6 Å². The van der Waals surface area contributed by atoms with E-state index in [1.807, 2.05) is 30.3 Å². The van der Waals surface area contributed by atoms with Gasteiger partial charge in [0.05, 0.1) is 6.20 Å². The van der Waals surface area contributed by atoms with Crippen LogP contribution in [0.3, 0.4) is 0 Å². The molecular formula is C23H24ClN3O3. The minimum Gasteiger partial charge on any atom is -0.441 e. The van der Waals surface area contributed by atoms with Gasteiger partial charge in [0.2, 0.25) is 11.8 Å². The molecule has 156 valence electrons. The molecule has 0 radical (unpaired) electrons. The maximum Gasteiger partial charge on any atom is 0.224 e. The number of carbonyl (C=O) groups is 2.